The Balaban J connectivity index is 1.68. The zero-order valence-electron chi connectivity index (χ0n) is 14.0. The Hall–Kier alpha value is -2.32. The fraction of sp³-hybridized carbons (Fsp3) is 0.167. The molecule has 0 spiro atoms. The third-order valence-electron chi connectivity index (χ3n) is 3.83. The zero-order chi connectivity index (χ0) is 18.8. The van der Waals surface area contributed by atoms with Gasteiger partial charge in [0, 0.05) is 11.8 Å². The highest BCUT2D eigenvalue weighted by Gasteiger charge is 2.36. The summed E-state index contributed by atoms with van der Waals surface area (Å²) in [6, 6.07) is 8.88. The molecule has 1 N–H and O–H groups in total. The normalized spacial score (nSPS) is 15.8. The number of hydrogen-bond acceptors (Lipinski definition) is 5. The summed E-state index contributed by atoms with van der Waals surface area (Å²) in [5.74, 6) is -0.498. The van der Waals surface area contributed by atoms with E-state index in [1.54, 1.807) is 18.2 Å². The molecule has 1 aliphatic rings. The molecule has 1 aromatic carbocycles. The van der Waals surface area contributed by atoms with Gasteiger partial charge in [0.2, 0.25) is 5.91 Å². The minimum atomic E-state index is -0.511. The molecule has 3 rings (SSSR count). The Morgan fingerprint density at radius 3 is 2.65 bits per heavy atom. The average molecular weight is 435 g/mol. The molecule has 0 radical (unpaired) electrons. The smallest absolute Gasteiger partial charge is 0.294 e. The van der Waals surface area contributed by atoms with Crippen molar-refractivity contribution in [3.8, 4) is 0 Å². The van der Waals surface area contributed by atoms with Gasteiger partial charge in [-0.1, -0.05) is 6.07 Å². The molecule has 0 bridgehead atoms. The van der Waals surface area contributed by atoms with E-state index < -0.39 is 17.1 Å². The molecule has 1 fully saturated rings. The third-order valence-corrected chi connectivity index (χ3v) is 5.17. The Kier molecular flexibility index (Phi) is 5.33. The van der Waals surface area contributed by atoms with Crippen LogP contribution in [0.2, 0.25) is 0 Å². The van der Waals surface area contributed by atoms with E-state index in [4.69, 9.17) is 4.42 Å². The van der Waals surface area contributed by atoms with E-state index in [-0.39, 0.29) is 11.4 Å². The molecule has 26 heavy (non-hydrogen) atoms. The van der Waals surface area contributed by atoms with Crippen molar-refractivity contribution in [1.82, 2.24) is 4.90 Å². The molecule has 0 atom stereocenters. The van der Waals surface area contributed by atoms with Crippen molar-refractivity contribution < 1.29 is 18.8 Å². The Bertz CT molecular complexity index is 935. The van der Waals surface area contributed by atoms with Gasteiger partial charge in [-0.15, -0.1) is 0 Å². The molecule has 2 aromatic rings. The van der Waals surface area contributed by atoms with E-state index in [0.29, 0.717) is 16.1 Å². The van der Waals surface area contributed by atoms with E-state index in [1.807, 2.05) is 26.0 Å². The van der Waals surface area contributed by atoms with Gasteiger partial charge < -0.3 is 9.73 Å². The maximum absolute atomic E-state index is 12.4. The first-order chi connectivity index (χ1) is 12.3. The van der Waals surface area contributed by atoms with Crippen LogP contribution in [-0.2, 0) is 9.59 Å². The summed E-state index contributed by atoms with van der Waals surface area (Å²) in [5.41, 5.74) is 2.78. The van der Waals surface area contributed by atoms with Gasteiger partial charge in [0.1, 0.15) is 12.3 Å². The quantitative estimate of drug-likeness (QED) is 0.724. The number of carbonyl (C=O) groups excluding carboxylic acids is 3. The molecule has 8 heteroatoms. The molecular weight excluding hydrogens is 420 g/mol. The Morgan fingerprint density at radius 1 is 1.23 bits per heavy atom. The molecule has 2 heterocycles. The fourth-order valence-electron chi connectivity index (χ4n) is 2.33. The van der Waals surface area contributed by atoms with Crippen molar-refractivity contribution in [1.29, 1.82) is 0 Å². The van der Waals surface area contributed by atoms with Gasteiger partial charge in [-0.05, 0) is 76.9 Å². The van der Waals surface area contributed by atoms with Gasteiger partial charge in [0.15, 0.2) is 4.67 Å². The van der Waals surface area contributed by atoms with E-state index in [0.717, 1.165) is 27.8 Å². The summed E-state index contributed by atoms with van der Waals surface area (Å²) in [6.45, 7) is 3.58. The number of benzene rings is 1. The molecule has 0 unspecified atom stereocenters. The molecule has 1 saturated heterocycles. The summed E-state index contributed by atoms with van der Waals surface area (Å²) in [7, 11) is 0. The van der Waals surface area contributed by atoms with Crippen molar-refractivity contribution >= 4 is 56.5 Å². The van der Waals surface area contributed by atoms with Crippen LogP contribution in [0, 0.1) is 13.8 Å². The number of furan rings is 1. The monoisotopic (exact) mass is 434 g/mol. The first kappa shape index (κ1) is 18.5. The van der Waals surface area contributed by atoms with E-state index in [1.165, 1.54) is 6.08 Å². The lowest BCUT2D eigenvalue weighted by Gasteiger charge is -2.13. The van der Waals surface area contributed by atoms with Crippen molar-refractivity contribution in [2.75, 3.05) is 11.9 Å². The Labute approximate surface area is 162 Å². The topological polar surface area (TPSA) is 79.6 Å². The maximum atomic E-state index is 12.4. The van der Waals surface area contributed by atoms with E-state index >= 15 is 0 Å². The number of thioether (sulfide) groups is 1. The number of aryl methyl sites for hydroxylation is 2. The van der Waals surface area contributed by atoms with Crippen LogP contribution in [0.3, 0.4) is 0 Å². The summed E-state index contributed by atoms with van der Waals surface area (Å²) in [4.78, 5) is 37.8. The highest BCUT2D eigenvalue weighted by Crippen LogP contribution is 2.32. The molecule has 1 aromatic heterocycles. The van der Waals surface area contributed by atoms with Gasteiger partial charge in [-0.3, -0.25) is 19.3 Å². The second kappa shape index (κ2) is 7.51. The Morgan fingerprint density at radius 2 is 2.00 bits per heavy atom. The number of carbonyl (C=O) groups is 3. The highest BCUT2D eigenvalue weighted by atomic mass is 79.9. The van der Waals surface area contributed by atoms with Crippen LogP contribution in [-0.4, -0.2) is 28.5 Å². The predicted molar refractivity (Wildman–Crippen MR) is 104 cm³/mol. The van der Waals surface area contributed by atoms with E-state index in [9.17, 15) is 14.4 Å². The second-order valence-electron chi connectivity index (χ2n) is 5.76. The standard InChI is InChI=1S/C18H15BrN2O4S/c1-10-3-4-12(7-11(10)2)20-16(22)9-21-17(23)14(26-18(21)24)8-13-5-6-15(19)25-13/h3-8H,9H2,1-2H3,(H,20,22). The van der Waals surface area contributed by atoms with Gasteiger partial charge in [-0.25, -0.2) is 0 Å². The van der Waals surface area contributed by atoms with Crippen LogP contribution < -0.4 is 5.32 Å². The average Bonchev–Trinajstić information content (AvgIpc) is 3.09. The SMILES string of the molecule is Cc1ccc(NC(=O)CN2C(=O)SC(=Cc3ccc(Br)o3)C2=O)cc1C. The molecule has 6 nitrogen and oxygen atoms in total. The van der Waals surface area contributed by atoms with Crippen molar-refractivity contribution in [2.45, 2.75) is 13.8 Å². The first-order valence-corrected chi connectivity index (χ1v) is 9.32. The minimum absolute atomic E-state index is 0.218. The fourth-order valence-corrected chi connectivity index (χ4v) is 3.47. The summed E-state index contributed by atoms with van der Waals surface area (Å²) < 4.78 is 5.83. The molecule has 0 aliphatic carbocycles. The van der Waals surface area contributed by atoms with Gasteiger partial charge >= 0.3 is 0 Å². The van der Waals surface area contributed by atoms with Crippen molar-refractivity contribution in [3.63, 3.8) is 0 Å². The van der Waals surface area contributed by atoms with Crippen molar-refractivity contribution in [3.05, 3.63) is 56.8 Å². The summed E-state index contributed by atoms with van der Waals surface area (Å²) >= 11 is 3.96. The molecule has 3 amide bonds. The number of imide groups is 1. The lowest BCUT2D eigenvalue weighted by atomic mass is 10.1. The van der Waals surface area contributed by atoms with Crippen LogP contribution >= 0.6 is 27.7 Å². The number of hydrogen-bond donors (Lipinski definition) is 1. The van der Waals surface area contributed by atoms with E-state index in [2.05, 4.69) is 21.2 Å². The van der Waals surface area contributed by atoms with Crippen LogP contribution in [0.4, 0.5) is 10.5 Å². The van der Waals surface area contributed by atoms with Crippen LogP contribution in [0.25, 0.3) is 6.08 Å². The molecular formula is C18H15BrN2O4S. The number of nitrogens with zero attached hydrogens (tertiary/aromatic N) is 1. The van der Waals surface area contributed by atoms with Crippen LogP contribution in [0.5, 0.6) is 0 Å². The number of amides is 3. The minimum Gasteiger partial charge on any atom is -0.450 e. The van der Waals surface area contributed by atoms with Gasteiger partial charge in [0.05, 0.1) is 4.91 Å². The summed E-state index contributed by atoms with van der Waals surface area (Å²) in [6.07, 6.45) is 1.48. The largest absolute Gasteiger partial charge is 0.450 e. The lowest BCUT2D eigenvalue weighted by Crippen LogP contribution is -2.36. The van der Waals surface area contributed by atoms with Crippen LogP contribution in [0.1, 0.15) is 16.9 Å². The van der Waals surface area contributed by atoms with Gasteiger partial charge in [0.25, 0.3) is 11.1 Å². The molecule has 134 valence electrons. The first-order valence-electron chi connectivity index (χ1n) is 7.71. The number of nitrogens with one attached hydrogen (secondary N) is 1. The van der Waals surface area contributed by atoms with Gasteiger partial charge in [-0.2, -0.15) is 0 Å². The third kappa shape index (κ3) is 4.08. The maximum Gasteiger partial charge on any atom is 0.294 e. The zero-order valence-corrected chi connectivity index (χ0v) is 16.4. The predicted octanol–water partition coefficient (Wildman–Crippen LogP) is 4.33. The second-order valence-corrected chi connectivity index (χ2v) is 7.53. The van der Waals surface area contributed by atoms with Crippen LogP contribution in [0.15, 0.2) is 44.3 Å². The highest BCUT2D eigenvalue weighted by molar-refractivity contribution is 9.10. The number of anilines is 1. The number of rotatable bonds is 4. The molecule has 1 aliphatic heterocycles. The molecule has 0 saturated carbocycles. The summed E-state index contributed by atoms with van der Waals surface area (Å²) in [5, 5.41) is 2.22. The lowest BCUT2D eigenvalue weighted by molar-refractivity contribution is -0.127. The number of halogens is 1. The van der Waals surface area contributed by atoms with Crippen molar-refractivity contribution in [2.24, 2.45) is 0 Å².